The normalized spacial score (nSPS) is 20.7. The molecule has 17 heavy (non-hydrogen) atoms. The van der Waals surface area contributed by atoms with Gasteiger partial charge in [0.15, 0.2) is 0 Å². The van der Waals surface area contributed by atoms with Crippen molar-refractivity contribution in [3.63, 3.8) is 0 Å². The molecule has 1 aromatic rings. The summed E-state index contributed by atoms with van der Waals surface area (Å²) in [7, 11) is 0. The highest BCUT2D eigenvalue weighted by atomic mass is 79.9. The first kappa shape index (κ1) is 13.2. The van der Waals surface area contributed by atoms with E-state index < -0.39 is 0 Å². The van der Waals surface area contributed by atoms with E-state index in [9.17, 15) is 0 Å². The molecular weight excluding hydrogens is 300 g/mol. The summed E-state index contributed by atoms with van der Waals surface area (Å²) >= 11 is 9.89. The van der Waals surface area contributed by atoms with Gasteiger partial charge in [0.25, 0.3) is 0 Å². The first-order valence-electron chi connectivity index (χ1n) is 6.06. The Balaban J connectivity index is 2.34. The maximum absolute atomic E-state index is 6.23. The molecule has 2 nitrogen and oxygen atoms in total. The Kier molecular flexibility index (Phi) is 4.34. The third-order valence-electron chi connectivity index (χ3n) is 3.36. The van der Waals surface area contributed by atoms with E-state index >= 15 is 0 Å². The molecule has 1 aromatic carbocycles. The summed E-state index contributed by atoms with van der Waals surface area (Å²) in [5, 5.41) is 4.29. The standard InChI is InChI=1S/C13H18BrClN2/c1-3-10-8-16-4-5-17(10)13-7-12(15)9(2)6-11(13)14/h6-7,10,16H,3-5,8H2,1-2H3. The fraction of sp³-hybridized carbons (Fsp3) is 0.538. The first-order valence-corrected chi connectivity index (χ1v) is 7.23. The fourth-order valence-electron chi connectivity index (χ4n) is 2.30. The molecule has 0 aliphatic carbocycles. The van der Waals surface area contributed by atoms with Gasteiger partial charge >= 0.3 is 0 Å². The highest BCUT2D eigenvalue weighted by Gasteiger charge is 2.22. The van der Waals surface area contributed by atoms with Gasteiger partial charge in [0.1, 0.15) is 0 Å². The summed E-state index contributed by atoms with van der Waals surface area (Å²) in [6.45, 7) is 7.39. The van der Waals surface area contributed by atoms with Gasteiger partial charge in [0.05, 0.1) is 5.69 Å². The third kappa shape index (κ3) is 2.78. The highest BCUT2D eigenvalue weighted by molar-refractivity contribution is 9.10. The largest absolute Gasteiger partial charge is 0.365 e. The zero-order chi connectivity index (χ0) is 12.4. The van der Waals surface area contributed by atoms with Gasteiger partial charge in [-0.1, -0.05) is 18.5 Å². The van der Waals surface area contributed by atoms with Crippen molar-refractivity contribution in [3.8, 4) is 0 Å². The predicted molar refractivity (Wildman–Crippen MR) is 78.2 cm³/mol. The van der Waals surface area contributed by atoms with Crippen LogP contribution in [0.25, 0.3) is 0 Å². The second kappa shape index (κ2) is 5.59. The number of hydrogen-bond donors (Lipinski definition) is 1. The zero-order valence-electron chi connectivity index (χ0n) is 10.3. The van der Waals surface area contributed by atoms with Gasteiger partial charge in [-0.3, -0.25) is 0 Å². The third-order valence-corrected chi connectivity index (χ3v) is 4.40. The minimum Gasteiger partial charge on any atom is -0.365 e. The van der Waals surface area contributed by atoms with E-state index in [1.54, 1.807) is 0 Å². The minimum atomic E-state index is 0.554. The van der Waals surface area contributed by atoms with Crippen LogP contribution in [0, 0.1) is 6.92 Å². The lowest BCUT2D eigenvalue weighted by Crippen LogP contribution is -2.51. The van der Waals surface area contributed by atoms with Crippen LogP contribution in [-0.4, -0.2) is 25.7 Å². The maximum Gasteiger partial charge on any atom is 0.0529 e. The average molecular weight is 318 g/mol. The zero-order valence-corrected chi connectivity index (χ0v) is 12.6. The summed E-state index contributed by atoms with van der Waals surface area (Å²) in [6.07, 6.45) is 1.14. The Morgan fingerprint density at radius 2 is 2.29 bits per heavy atom. The monoisotopic (exact) mass is 316 g/mol. The van der Waals surface area contributed by atoms with Crippen LogP contribution in [0.3, 0.4) is 0 Å². The van der Waals surface area contributed by atoms with Crippen molar-refractivity contribution < 1.29 is 0 Å². The number of rotatable bonds is 2. The number of nitrogens with one attached hydrogen (secondary N) is 1. The van der Waals surface area contributed by atoms with Gasteiger partial charge in [0.2, 0.25) is 0 Å². The number of hydrogen-bond acceptors (Lipinski definition) is 2. The molecule has 1 unspecified atom stereocenters. The second-order valence-corrected chi connectivity index (χ2v) is 5.77. The summed E-state index contributed by atoms with van der Waals surface area (Å²) < 4.78 is 1.14. The molecule has 0 radical (unpaired) electrons. The Hall–Kier alpha value is -0.250. The Morgan fingerprint density at radius 3 is 3.00 bits per heavy atom. The molecule has 0 bridgehead atoms. The second-order valence-electron chi connectivity index (χ2n) is 4.51. The van der Waals surface area contributed by atoms with Gasteiger partial charge in [-0.15, -0.1) is 0 Å². The van der Waals surface area contributed by atoms with E-state index in [1.165, 1.54) is 5.69 Å². The van der Waals surface area contributed by atoms with Crippen LogP contribution in [0.4, 0.5) is 5.69 Å². The predicted octanol–water partition coefficient (Wildman–Crippen LogP) is 3.60. The molecule has 0 aromatic heterocycles. The lowest BCUT2D eigenvalue weighted by atomic mass is 10.1. The van der Waals surface area contributed by atoms with Gasteiger partial charge < -0.3 is 10.2 Å². The molecule has 0 saturated carbocycles. The number of piperazine rings is 1. The molecule has 0 amide bonds. The molecule has 1 atom stereocenters. The molecule has 1 heterocycles. The van der Waals surface area contributed by atoms with Gasteiger partial charge in [0, 0.05) is 35.2 Å². The molecule has 1 aliphatic rings. The summed E-state index contributed by atoms with van der Waals surface area (Å²) in [5.74, 6) is 0. The van der Waals surface area contributed by atoms with Crippen LogP contribution in [0.15, 0.2) is 16.6 Å². The van der Waals surface area contributed by atoms with Crippen molar-refractivity contribution in [2.75, 3.05) is 24.5 Å². The lowest BCUT2D eigenvalue weighted by Gasteiger charge is -2.38. The van der Waals surface area contributed by atoms with Crippen LogP contribution in [0.1, 0.15) is 18.9 Å². The van der Waals surface area contributed by atoms with Crippen LogP contribution < -0.4 is 10.2 Å². The van der Waals surface area contributed by atoms with Crippen molar-refractivity contribution in [3.05, 3.63) is 27.2 Å². The van der Waals surface area contributed by atoms with Crippen LogP contribution in [0.5, 0.6) is 0 Å². The summed E-state index contributed by atoms with van der Waals surface area (Å²) in [4.78, 5) is 2.45. The Labute approximate surface area is 116 Å². The van der Waals surface area contributed by atoms with Gasteiger partial charge in [-0.05, 0) is 47.0 Å². The van der Waals surface area contributed by atoms with Crippen molar-refractivity contribution in [2.24, 2.45) is 0 Å². The molecule has 1 aliphatic heterocycles. The molecule has 1 saturated heterocycles. The Morgan fingerprint density at radius 1 is 1.53 bits per heavy atom. The number of anilines is 1. The minimum absolute atomic E-state index is 0.554. The van der Waals surface area contributed by atoms with Gasteiger partial charge in [-0.25, -0.2) is 0 Å². The van der Waals surface area contributed by atoms with Gasteiger partial charge in [-0.2, -0.15) is 0 Å². The Bertz CT molecular complexity index is 409. The van der Waals surface area contributed by atoms with E-state index in [0.717, 1.165) is 41.1 Å². The van der Waals surface area contributed by atoms with E-state index in [2.05, 4.69) is 45.2 Å². The molecule has 1 N–H and O–H groups in total. The topological polar surface area (TPSA) is 15.3 Å². The van der Waals surface area contributed by atoms with Crippen molar-refractivity contribution >= 4 is 33.2 Å². The summed E-state index contributed by atoms with van der Waals surface area (Å²) in [6, 6.07) is 4.74. The molecular formula is C13H18BrClN2. The summed E-state index contributed by atoms with van der Waals surface area (Å²) in [5.41, 5.74) is 2.33. The molecule has 4 heteroatoms. The first-order chi connectivity index (χ1) is 8.13. The van der Waals surface area contributed by atoms with E-state index in [4.69, 9.17) is 11.6 Å². The van der Waals surface area contributed by atoms with Crippen molar-refractivity contribution in [1.82, 2.24) is 5.32 Å². The SMILES string of the molecule is CCC1CNCCN1c1cc(Cl)c(C)cc1Br. The molecule has 0 spiro atoms. The van der Waals surface area contributed by atoms with E-state index in [-0.39, 0.29) is 0 Å². The smallest absolute Gasteiger partial charge is 0.0529 e. The van der Waals surface area contributed by atoms with Crippen LogP contribution in [0.2, 0.25) is 5.02 Å². The van der Waals surface area contributed by atoms with Crippen molar-refractivity contribution in [1.29, 1.82) is 0 Å². The molecule has 1 fully saturated rings. The lowest BCUT2D eigenvalue weighted by molar-refractivity contribution is 0.466. The quantitative estimate of drug-likeness (QED) is 0.896. The average Bonchev–Trinajstić information content (AvgIpc) is 2.34. The fourth-order valence-corrected chi connectivity index (χ4v) is 3.14. The van der Waals surface area contributed by atoms with Crippen LogP contribution in [-0.2, 0) is 0 Å². The van der Waals surface area contributed by atoms with E-state index in [1.807, 2.05) is 6.92 Å². The molecule has 2 rings (SSSR count). The number of benzene rings is 1. The number of halogens is 2. The number of aryl methyl sites for hydroxylation is 1. The number of nitrogens with zero attached hydrogens (tertiary/aromatic N) is 1. The van der Waals surface area contributed by atoms with Crippen molar-refractivity contribution in [2.45, 2.75) is 26.3 Å². The molecule has 94 valence electrons. The van der Waals surface area contributed by atoms with E-state index in [0.29, 0.717) is 6.04 Å². The maximum atomic E-state index is 6.23. The van der Waals surface area contributed by atoms with Crippen LogP contribution >= 0.6 is 27.5 Å². The highest BCUT2D eigenvalue weighted by Crippen LogP contribution is 2.33.